The van der Waals surface area contributed by atoms with E-state index in [4.69, 9.17) is 0 Å². The number of fused-ring (bicyclic) bond motifs is 1. The summed E-state index contributed by atoms with van der Waals surface area (Å²) in [7, 11) is 0. The SMILES string of the molecule is Cc1ccc(C(=O)Nc2nnc3ccccn23)cc1C. The van der Waals surface area contributed by atoms with Gasteiger partial charge >= 0.3 is 0 Å². The van der Waals surface area contributed by atoms with Gasteiger partial charge in [-0.25, -0.2) is 0 Å². The van der Waals surface area contributed by atoms with E-state index in [9.17, 15) is 4.79 Å². The van der Waals surface area contributed by atoms with Gasteiger partial charge in [0.15, 0.2) is 5.65 Å². The van der Waals surface area contributed by atoms with Crippen molar-refractivity contribution in [2.45, 2.75) is 13.8 Å². The predicted octanol–water partition coefficient (Wildman–Crippen LogP) is 2.60. The number of carbonyl (C=O) groups is 1. The topological polar surface area (TPSA) is 59.3 Å². The number of hydrogen-bond donors (Lipinski definition) is 1. The second-order valence-electron chi connectivity index (χ2n) is 4.71. The van der Waals surface area contributed by atoms with E-state index >= 15 is 0 Å². The molecular weight excluding hydrogens is 252 g/mol. The van der Waals surface area contributed by atoms with Crippen molar-refractivity contribution in [3.8, 4) is 0 Å². The molecule has 5 heteroatoms. The molecule has 20 heavy (non-hydrogen) atoms. The maximum atomic E-state index is 12.2. The van der Waals surface area contributed by atoms with E-state index in [2.05, 4.69) is 15.5 Å². The summed E-state index contributed by atoms with van der Waals surface area (Å²) in [6.45, 7) is 4.00. The first-order valence-electron chi connectivity index (χ1n) is 6.33. The maximum Gasteiger partial charge on any atom is 0.258 e. The van der Waals surface area contributed by atoms with Gasteiger partial charge in [0.2, 0.25) is 5.95 Å². The molecule has 0 fully saturated rings. The van der Waals surface area contributed by atoms with E-state index in [1.54, 1.807) is 10.5 Å². The van der Waals surface area contributed by atoms with Crippen LogP contribution in [0, 0.1) is 13.8 Å². The largest absolute Gasteiger partial charge is 0.290 e. The molecule has 0 unspecified atom stereocenters. The lowest BCUT2D eigenvalue weighted by Gasteiger charge is -2.05. The normalized spacial score (nSPS) is 10.7. The molecule has 0 saturated heterocycles. The maximum absolute atomic E-state index is 12.2. The highest BCUT2D eigenvalue weighted by Gasteiger charge is 2.11. The minimum atomic E-state index is -0.189. The first-order chi connectivity index (χ1) is 9.65. The molecule has 0 spiro atoms. The van der Waals surface area contributed by atoms with Crippen molar-refractivity contribution in [3.05, 3.63) is 59.3 Å². The zero-order valence-electron chi connectivity index (χ0n) is 11.3. The Balaban J connectivity index is 1.90. The number of carbonyl (C=O) groups excluding carboxylic acids is 1. The first-order valence-corrected chi connectivity index (χ1v) is 6.33. The standard InChI is InChI=1S/C15H14N4O/c1-10-6-7-12(9-11(10)2)14(20)16-15-18-17-13-5-3-4-8-19(13)15/h3-9H,1-2H3,(H,16,18,20). The van der Waals surface area contributed by atoms with Crippen LogP contribution in [-0.2, 0) is 0 Å². The molecule has 100 valence electrons. The molecule has 1 amide bonds. The van der Waals surface area contributed by atoms with Crippen molar-refractivity contribution in [3.63, 3.8) is 0 Å². The molecule has 5 nitrogen and oxygen atoms in total. The second kappa shape index (κ2) is 4.77. The van der Waals surface area contributed by atoms with Gasteiger partial charge in [0.1, 0.15) is 0 Å². The van der Waals surface area contributed by atoms with Crippen LogP contribution in [0.15, 0.2) is 42.6 Å². The molecule has 0 aliphatic carbocycles. The molecular formula is C15H14N4O. The number of amides is 1. The van der Waals surface area contributed by atoms with Gasteiger partial charge in [-0.05, 0) is 49.2 Å². The Bertz CT molecular complexity index is 791. The molecule has 0 saturated carbocycles. The summed E-state index contributed by atoms with van der Waals surface area (Å²) in [6, 6.07) is 11.2. The van der Waals surface area contributed by atoms with Crippen LogP contribution in [0.5, 0.6) is 0 Å². The van der Waals surface area contributed by atoms with E-state index in [1.807, 2.05) is 50.4 Å². The molecule has 0 atom stereocenters. The van der Waals surface area contributed by atoms with Gasteiger partial charge in [-0.3, -0.25) is 14.5 Å². The Labute approximate surface area is 116 Å². The van der Waals surface area contributed by atoms with Gasteiger partial charge in [0.25, 0.3) is 5.91 Å². The van der Waals surface area contributed by atoms with Crippen LogP contribution in [0.25, 0.3) is 5.65 Å². The summed E-state index contributed by atoms with van der Waals surface area (Å²) in [5.41, 5.74) is 3.56. The molecule has 1 N–H and O–H groups in total. The Kier molecular flexibility index (Phi) is 2.95. The summed E-state index contributed by atoms with van der Waals surface area (Å²) < 4.78 is 1.74. The number of anilines is 1. The van der Waals surface area contributed by atoms with E-state index in [1.165, 1.54) is 0 Å². The summed E-state index contributed by atoms with van der Waals surface area (Å²) in [4.78, 5) is 12.2. The lowest BCUT2D eigenvalue weighted by atomic mass is 10.1. The molecule has 2 aromatic heterocycles. The van der Waals surface area contributed by atoms with Crippen molar-refractivity contribution in [2.75, 3.05) is 5.32 Å². The van der Waals surface area contributed by atoms with Gasteiger partial charge in [0, 0.05) is 11.8 Å². The van der Waals surface area contributed by atoms with E-state index in [0.29, 0.717) is 17.2 Å². The number of hydrogen-bond acceptors (Lipinski definition) is 3. The fourth-order valence-corrected chi connectivity index (χ4v) is 1.98. The Morgan fingerprint density at radius 2 is 1.95 bits per heavy atom. The minimum absolute atomic E-state index is 0.189. The van der Waals surface area contributed by atoms with Crippen molar-refractivity contribution in [1.82, 2.24) is 14.6 Å². The molecule has 0 aliphatic heterocycles. The number of nitrogens with zero attached hydrogens (tertiary/aromatic N) is 3. The predicted molar refractivity (Wildman–Crippen MR) is 76.9 cm³/mol. The second-order valence-corrected chi connectivity index (χ2v) is 4.71. The summed E-state index contributed by atoms with van der Waals surface area (Å²) >= 11 is 0. The Hall–Kier alpha value is -2.69. The highest BCUT2D eigenvalue weighted by atomic mass is 16.1. The number of nitrogens with one attached hydrogen (secondary N) is 1. The molecule has 2 heterocycles. The average molecular weight is 266 g/mol. The van der Waals surface area contributed by atoms with Crippen molar-refractivity contribution in [2.24, 2.45) is 0 Å². The third-order valence-electron chi connectivity index (χ3n) is 3.31. The van der Waals surface area contributed by atoms with Gasteiger partial charge < -0.3 is 0 Å². The van der Waals surface area contributed by atoms with Crippen LogP contribution >= 0.6 is 0 Å². The molecule has 3 aromatic rings. The number of pyridine rings is 1. The first kappa shape index (κ1) is 12.3. The van der Waals surface area contributed by atoms with Gasteiger partial charge in [-0.1, -0.05) is 12.1 Å². The Morgan fingerprint density at radius 1 is 1.10 bits per heavy atom. The summed E-state index contributed by atoms with van der Waals surface area (Å²) in [5.74, 6) is 0.232. The zero-order valence-corrected chi connectivity index (χ0v) is 11.3. The van der Waals surface area contributed by atoms with Crippen LogP contribution in [0.4, 0.5) is 5.95 Å². The fraction of sp³-hybridized carbons (Fsp3) is 0.133. The Morgan fingerprint density at radius 3 is 2.75 bits per heavy atom. The van der Waals surface area contributed by atoms with E-state index in [0.717, 1.165) is 11.1 Å². The monoisotopic (exact) mass is 266 g/mol. The van der Waals surface area contributed by atoms with Crippen molar-refractivity contribution in [1.29, 1.82) is 0 Å². The van der Waals surface area contributed by atoms with Crippen LogP contribution in [0.2, 0.25) is 0 Å². The third-order valence-corrected chi connectivity index (χ3v) is 3.31. The van der Waals surface area contributed by atoms with Gasteiger partial charge in [0.05, 0.1) is 0 Å². The lowest BCUT2D eigenvalue weighted by molar-refractivity contribution is 0.102. The number of rotatable bonds is 2. The molecule has 1 aromatic carbocycles. The number of aryl methyl sites for hydroxylation is 2. The highest BCUT2D eigenvalue weighted by Crippen LogP contribution is 2.13. The highest BCUT2D eigenvalue weighted by molar-refractivity contribution is 6.03. The molecule has 0 bridgehead atoms. The van der Waals surface area contributed by atoms with Gasteiger partial charge in [-0.15, -0.1) is 10.2 Å². The minimum Gasteiger partial charge on any atom is -0.290 e. The van der Waals surface area contributed by atoms with E-state index in [-0.39, 0.29) is 5.91 Å². The van der Waals surface area contributed by atoms with E-state index < -0.39 is 0 Å². The zero-order chi connectivity index (χ0) is 14.1. The van der Waals surface area contributed by atoms with Crippen LogP contribution in [0.3, 0.4) is 0 Å². The number of aromatic nitrogens is 3. The average Bonchev–Trinajstić information content (AvgIpc) is 2.85. The van der Waals surface area contributed by atoms with Crippen LogP contribution in [0.1, 0.15) is 21.5 Å². The smallest absolute Gasteiger partial charge is 0.258 e. The van der Waals surface area contributed by atoms with Crippen molar-refractivity contribution >= 4 is 17.5 Å². The summed E-state index contributed by atoms with van der Waals surface area (Å²) in [5, 5.41) is 10.8. The van der Waals surface area contributed by atoms with Gasteiger partial charge in [-0.2, -0.15) is 0 Å². The number of benzene rings is 1. The summed E-state index contributed by atoms with van der Waals surface area (Å²) in [6.07, 6.45) is 1.81. The third kappa shape index (κ3) is 2.14. The molecule has 0 aliphatic rings. The lowest BCUT2D eigenvalue weighted by Crippen LogP contribution is -2.14. The van der Waals surface area contributed by atoms with Crippen molar-refractivity contribution < 1.29 is 4.79 Å². The molecule has 0 radical (unpaired) electrons. The quantitative estimate of drug-likeness (QED) is 0.775. The fourth-order valence-electron chi connectivity index (χ4n) is 1.98. The molecule has 3 rings (SSSR count). The van der Waals surface area contributed by atoms with Crippen LogP contribution < -0.4 is 5.32 Å². The van der Waals surface area contributed by atoms with Crippen LogP contribution in [-0.4, -0.2) is 20.5 Å².